The molecule has 17 heavy (non-hydrogen) atoms. The fourth-order valence-electron chi connectivity index (χ4n) is 2.20. The van der Waals surface area contributed by atoms with Crippen molar-refractivity contribution in [3.63, 3.8) is 0 Å². The Labute approximate surface area is 102 Å². The van der Waals surface area contributed by atoms with Gasteiger partial charge in [0.05, 0.1) is 6.54 Å². The summed E-state index contributed by atoms with van der Waals surface area (Å²) in [6, 6.07) is 0.275. The normalized spacial score (nSPS) is 23.5. The molecule has 1 saturated heterocycles. The first-order valence-electron chi connectivity index (χ1n) is 6.36. The van der Waals surface area contributed by atoms with Gasteiger partial charge in [0.25, 0.3) is 0 Å². The molecule has 2 N–H and O–H groups in total. The van der Waals surface area contributed by atoms with Crippen molar-refractivity contribution < 1.29 is 4.52 Å². The van der Waals surface area contributed by atoms with E-state index in [4.69, 9.17) is 10.3 Å². The van der Waals surface area contributed by atoms with Gasteiger partial charge in [0.2, 0.25) is 5.89 Å². The molecule has 5 nitrogen and oxygen atoms in total. The van der Waals surface area contributed by atoms with E-state index in [-0.39, 0.29) is 6.04 Å². The summed E-state index contributed by atoms with van der Waals surface area (Å²) in [4.78, 5) is 6.74. The molecular formula is C12H22N4O. The Hall–Kier alpha value is -0.940. The van der Waals surface area contributed by atoms with Crippen LogP contribution in [-0.2, 0) is 6.54 Å². The van der Waals surface area contributed by atoms with Gasteiger partial charge in [-0.1, -0.05) is 19.0 Å². The third-order valence-corrected chi connectivity index (χ3v) is 3.40. The van der Waals surface area contributed by atoms with E-state index in [0.29, 0.717) is 11.8 Å². The Balaban J connectivity index is 1.89. The minimum absolute atomic E-state index is 0.275. The number of rotatable bonds is 4. The third-order valence-electron chi connectivity index (χ3n) is 3.40. The maximum Gasteiger partial charge on any atom is 0.229 e. The van der Waals surface area contributed by atoms with Crippen LogP contribution in [0, 0.1) is 5.92 Å². The first kappa shape index (κ1) is 12.5. The van der Waals surface area contributed by atoms with Crippen LogP contribution in [0.2, 0.25) is 0 Å². The Morgan fingerprint density at radius 1 is 1.47 bits per heavy atom. The van der Waals surface area contributed by atoms with E-state index in [2.05, 4.69) is 35.8 Å². The van der Waals surface area contributed by atoms with Gasteiger partial charge in [-0.15, -0.1) is 0 Å². The van der Waals surface area contributed by atoms with Gasteiger partial charge >= 0.3 is 0 Å². The summed E-state index contributed by atoms with van der Waals surface area (Å²) in [5.74, 6) is 2.42. The zero-order valence-corrected chi connectivity index (χ0v) is 10.9. The minimum Gasteiger partial charge on any atom is -0.339 e. The quantitative estimate of drug-likeness (QED) is 0.858. The van der Waals surface area contributed by atoms with Crippen LogP contribution in [0.15, 0.2) is 4.52 Å². The summed E-state index contributed by atoms with van der Waals surface area (Å²) < 4.78 is 5.20. The second-order valence-corrected chi connectivity index (χ2v) is 5.35. The number of hydrogen-bond acceptors (Lipinski definition) is 5. The monoisotopic (exact) mass is 238 g/mol. The second kappa shape index (κ2) is 5.14. The number of hydrogen-bond donors (Lipinski definition) is 1. The molecule has 5 heteroatoms. The molecule has 2 rings (SSSR count). The number of nitrogens with zero attached hydrogens (tertiary/aromatic N) is 3. The molecule has 0 saturated carbocycles. The molecule has 2 atom stereocenters. The highest BCUT2D eigenvalue weighted by atomic mass is 16.5. The second-order valence-electron chi connectivity index (χ2n) is 5.35. The lowest BCUT2D eigenvalue weighted by Gasteiger charge is -2.15. The third kappa shape index (κ3) is 3.04. The van der Waals surface area contributed by atoms with Crippen LogP contribution < -0.4 is 5.73 Å². The molecule has 1 aromatic heterocycles. The molecule has 2 unspecified atom stereocenters. The van der Waals surface area contributed by atoms with Crippen molar-refractivity contribution in [3.8, 4) is 0 Å². The largest absolute Gasteiger partial charge is 0.339 e. The van der Waals surface area contributed by atoms with E-state index >= 15 is 0 Å². The molecule has 0 aliphatic carbocycles. The number of nitrogens with two attached hydrogens (primary N) is 1. The average molecular weight is 238 g/mol. The Morgan fingerprint density at radius 2 is 2.24 bits per heavy atom. The first-order chi connectivity index (χ1) is 8.06. The molecule has 96 valence electrons. The van der Waals surface area contributed by atoms with Gasteiger partial charge in [-0.2, -0.15) is 4.98 Å². The van der Waals surface area contributed by atoms with E-state index in [1.54, 1.807) is 0 Å². The lowest BCUT2D eigenvalue weighted by molar-refractivity contribution is 0.291. The van der Waals surface area contributed by atoms with Crippen LogP contribution in [0.5, 0.6) is 0 Å². The van der Waals surface area contributed by atoms with Crippen molar-refractivity contribution in [3.05, 3.63) is 11.7 Å². The molecule has 0 bridgehead atoms. The molecule has 1 aliphatic rings. The summed E-state index contributed by atoms with van der Waals surface area (Å²) in [6.07, 6.45) is 1.17. The first-order valence-corrected chi connectivity index (χ1v) is 6.36. The molecule has 1 fully saturated rings. The van der Waals surface area contributed by atoms with E-state index in [1.807, 2.05) is 0 Å². The maximum atomic E-state index is 5.92. The molecular weight excluding hydrogens is 216 g/mol. The summed E-state index contributed by atoms with van der Waals surface area (Å²) >= 11 is 0. The van der Waals surface area contributed by atoms with Gasteiger partial charge in [-0.25, -0.2) is 0 Å². The molecule has 2 heterocycles. The van der Waals surface area contributed by atoms with Gasteiger partial charge in [0, 0.05) is 18.5 Å². The lowest BCUT2D eigenvalue weighted by atomic mass is 10.0. The van der Waals surface area contributed by atoms with Crippen LogP contribution in [0.3, 0.4) is 0 Å². The van der Waals surface area contributed by atoms with E-state index < -0.39 is 0 Å². The van der Waals surface area contributed by atoms with Crippen molar-refractivity contribution in [1.29, 1.82) is 0 Å². The van der Waals surface area contributed by atoms with Crippen LogP contribution in [0.1, 0.15) is 44.8 Å². The number of likely N-dealkylation sites (tertiary alicyclic amines) is 1. The predicted octanol–water partition coefficient (Wildman–Crippen LogP) is 1.36. The Kier molecular flexibility index (Phi) is 3.79. The zero-order chi connectivity index (χ0) is 12.4. The summed E-state index contributed by atoms with van der Waals surface area (Å²) in [7, 11) is 0. The smallest absolute Gasteiger partial charge is 0.229 e. The molecule has 1 aliphatic heterocycles. The standard InChI is InChI=1S/C12H22N4O/c1-8(2)12-14-11(15-17-12)7-16-5-4-10(6-16)9(3)13/h8-10H,4-7,13H2,1-3H3. The van der Waals surface area contributed by atoms with Crippen molar-refractivity contribution >= 4 is 0 Å². The molecule has 0 amide bonds. The maximum absolute atomic E-state index is 5.92. The van der Waals surface area contributed by atoms with Gasteiger partial charge in [0.1, 0.15) is 0 Å². The van der Waals surface area contributed by atoms with E-state index in [0.717, 1.165) is 31.3 Å². The SMILES string of the molecule is CC(C)c1nc(CN2CCC(C(C)N)C2)no1. The molecule has 0 spiro atoms. The highest BCUT2D eigenvalue weighted by Gasteiger charge is 2.26. The van der Waals surface area contributed by atoms with Gasteiger partial charge in [0.15, 0.2) is 5.82 Å². The summed E-state index contributed by atoms with van der Waals surface area (Å²) in [5, 5.41) is 4.01. The summed E-state index contributed by atoms with van der Waals surface area (Å²) in [5.41, 5.74) is 5.92. The highest BCUT2D eigenvalue weighted by Crippen LogP contribution is 2.20. The molecule has 0 aromatic carbocycles. The predicted molar refractivity (Wildman–Crippen MR) is 65.4 cm³/mol. The Bertz CT molecular complexity index is 361. The number of aromatic nitrogens is 2. The highest BCUT2D eigenvalue weighted by molar-refractivity contribution is 4.92. The van der Waals surface area contributed by atoms with Crippen molar-refractivity contribution in [2.45, 2.75) is 45.7 Å². The van der Waals surface area contributed by atoms with Crippen molar-refractivity contribution in [2.75, 3.05) is 13.1 Å². The van der Waals surface area contributed by atoms with E-state index in [9.17, 15) is 0 Å². The molecule has 1 aromatic rings. The van der Waals surface area contributed by atoms with Crippen molar-refractivity contribution in [1.82, 2.24) is 15.0 Å². The fourth-order valence-corrected chi connectivity index (χ4v) is 2.20. The van der Waals surface area contributed by atoms with Crippen molar-refractivity contribution in [2.24, 2.45) is 11.7 Å². The minimum atomic E-state index is 0.275. The van der Waals surface area contributed by atoms with Crippen LogP contribution in [-0.4, -0.2) is 34.2 Å². The lowest BCUT2D eigenvalue weighted by Crippen LogP contribution is -2.29. The fraction of sp³-hybridized carbons (Fsp3) is 0.833. The van der Waals surface area contributed by atoms with Gasteiger partial charge in [-0.3, -0.25) is 4.90 Å². The summed E-state index contributed by atoms with van der Waals surface area (Å²) in [6.45, 7) is 9.10. The van der Waals surface area contributed by atoms with Gasteiger partial charge < -0.3 is 10.3 Å². The average Bonchev–Trinajstić information content (AvgIpc) is 2.87. The van der Waals surface area contributed by atoms with Gasteiger partial charge in [-0.05, 0) is 25.8 Å². The van der Waals surface area contributed by atoms with Crippen LogP contribution in [0.25, 0.3) is 0 Å². The van der Waals surface area contributed by atoms with Crippen LogP contribution >= 0.6 is 0 Å². The Morgan fingerprint density at radius 3 is 2.76 bits per heavy atom. The topological polar surface area (TPSA) is 68.2 Å². The van der Waals surface area contributed by atoms with E-state index in [1.165, 1.54) is 6.42 Å². The molecule has 0 radical (unpaired) electrons. The van der Waals surface area contributed by atoms with Crippen LogP contribution in [0.4, 0.5) is 0 Å². The zero-order valence-electron chi connectivity index (χ0n) is 10.9.